The summed E-state index contributed by atoms with van der Waals surface area (Å²) >= 11 is 12.2. The number of ether oxygens (including phenoxy) is 1. The van der Waals surface area contributed by atoms with Gasteiger partial charge in [0.2, 0.25) is 0 Å². The van der Waals surface area contributed by atoms with E-state index in [1.54, 1.807) is 12.1 Å². The Labute approximate surface area is 129 Å². The monoisotopic (exact) mass is 337 g/mol. The summed E-state index contributed by atoms with van der Waals surface area (Å²) in [6.45, 7) is 0. The predicted octanol–water partition coefficient (Wildman–Crippen LogP) is 2.97. The van der Waals surface area contributed by atoms with Crippen LogP contribution in [0, 0.1) is 0 Å². The zero-order valence-electron chi connectivity index (χ0n) is 11.1. The first-order valence-electron chi connectivity index (χ1n) is 6.37. The molecule has 112 valence electrons. The number of nitrogens with two attached hydrogens (primary N) is 1. The Morgan fingerprint density at radius 2 is 2.00 bits per heavy atom. The van der Waals surface area contributed by atoms with Crippen molar-refractivity contribution in [3.8, 4) is 5.75 Å². The molecule has 2 N–H and O–H groups in total. The number of benzene rings is 1. The van der Waals surface area contributed by atoms with Gasteiger partial charge in [0, 0.05) is 17.1 Å². The van der Waals surface area contributed by atoms with Crippen molar-refractivity contribution in [3.63, 3.8) is 0 Å². The minimum atomic E-state index is -3.17. The first-order valence-corrected chi connectivity index (χ1v) is 8.84. The molecule has 1 aromatic rings. The van der Waals surface area contributed by atoms with Gasteiger partial charge in [-0.3, -0.25) is 0 Å². The lowest BCUT2D eigenvalue weighted by molar-refractivity contribution is 0.414. The maximum Gasteiger partial charge on any atom is 0.155 e. The van der Waals surface area contributed by atoms with Crippen LogP contribution in [0.2, 0.25) is 10.0 Å². The van der Waals surface area contributed by atoms with Crippen LogP contribution in [0.1, 0.15) is 30.9 Å². The molecule has 7 heteroatoms. The van der Waals surface area contributed by atoms with E-state index in [1.165, 1.54) is 7.11 Å². The molecule has 1 aromatic carbocycles. The highest BCUT2D eigenvalue weighted by atomic mass is 35.5. The van der Waals surface area contributed by atoms with Crippen LogP contribution in [-0.2, 0) is 9.84 Å². The highest BCUT2D eigenvalue weighted by Crippen LogP contribution is 2.37. The third-order valence-corrected chi connectivity index (χ3v) is 6.59. The van der Waals surface area contributed by atoms with E-state index in [-0.39, 0.29) is 5.75 Å². The maximum atomic E-state index is 12.1. The maximum absolute atomic E-state index is 12.1. The summed E-state index contributed by atoms with van der Waals surface area (Å²) in [5, 5.41) is 0.147. The van der Waals surface area contributed by atoms with E-state index in [0.717, 1.165) is 6.42 Å². The number of sulfone groups is 1. The summed E-state index contributed by atoms with van der Waals surface area (Å²) in [5.74, 6) is 0.631. The summed E-state index contributed by atoms with van der Waals surface area (Å²) in [7, 11) is -1.69. The third-order valence-electron chi connectivity index (χ3n) is 3.66. The molecule has 0 amide bonds. The van der Waals surface area contributed by atoms with Crippen LogP contribution in [-0.4, -0.2) is 26.5 Å². The lowest BCUT2D eigenvalue weighted by Crippen LogP contribution is -2.38. The minimum absolute atomic E-state index is 0.187. The molecule has 2 atom stereocenters. The average Bonchev–Trinajstić information content (AvgIpc) is 2.39. The second-order valence-corrected chi connectivity index (χ2v) is 8.09. The SMILES string of the molecule is COc1cc(Cl)c(C(N)C2CCCCS2(=O)=O)cc1Cl. The fourth-order valence-electron chi connectivity index (χ4n) is 2.54. The van der Waals surface area contributed by atoms with Gasteiger partial charge >= 0.3 is 0 Å². The van der Waals surface area contributed by atoms with E-state index < -0.39 is 21.1 Å². The summed E-state index contributed by atoms with van der Waals surface area (Å²) in [6, 6.07) is 2.49. The number of hydrogen-bond acceptors (Lipinski definition) is 4. The van der Waals surface area contributed by atoms with E-state index in [9.17, 15) is 8.42 Å². The predicted molar refractivity (Wildman–Crippen MR) is 81.4 cm³/mol. The Morgan fingerprint density at radius 3 is 2.60 bits per heavy atom. The lowest BCUT2D eigenvalue weighted by Gasteiger charge is -2.28. The summed E-state index contributed by atoms with van der Waals surface area (Å²) in [5.41, 5.74) is 6.69. The van der Waals surface area contributed by atoms with Gasteiger partial charge in [-0.15, -0.1) is 0 Å². The molecule has 1 heterocycles. The average molecular weight is 338 g/mol. The van der Waals surface area contributed by atoms with Crippen LogP contribution in [0.3, 0.4) is 0 Å². The van der Waals surface area contributed by atoms with Gasteiger partial charge in [0.25, 0.3) is 0 Å². The van der Waals surface area contributed by atoms with Gasteiger partial charge in [-0.25, -0.2) is 8.42 Å². The molecular formula is C13H17Cl2NO3S. The van der Waals surface area contributed by atoms with Crippen LogP contribution in [0.4, 0.5) is 0 Å². The molecule has 0 aliphatic carbocycles. The lowest BCUT2D eigenvalue weighted by atomic mass is 10.00. The van der Waals surface area contributed by atoms with Gasteiger partial charge in [0.1, 0.15) is 5.75 Å². The van der Waals surface area contributed by atoms with Crippen molar-refractivity contribution >= 4 is 33.0 Å². The molecule has 1 aliphatic heterocycles. The first kappa shape index (κ1) is 15.9. The summed E-state index contributed by atoms with van der Waals surface area (Å²) < 4.78 is 29.3. The van der Waals surface area contributed by atoms with E-state index in [0.29, 0.717) is 34.2 Å². The van der Waals surface area contributed by atoms with Gasteiger partial charge in [-0.1, -0.05) is 29.6 Å². The molecule has 0 aromatic heterocycles. The molecule has 2 unspecified atom stereocenters. The Bertz CT molecular complexity index is 604. The summed E-state index contributed by atoms with van der Waals surface area (Å²) in [4.78, 5) is 0. The second kappa shape index (κ2) is 6.10. The van der Waals surface area contributed by atoms with Crippen LogP contribution in [0.15, 0.2) is 12.1 Å². The van der Waals surface area contributed by atoms with Crippen LogP contribution < -0.4 is 10.5 Å². The van der Waals surface area contributed by atoms with Crippen molar-refractivity contribution in [1.29, 1.82) is 0 Å². The number of rotatable bonds is 3. The van der Waals surface area contributed by atoms with Gasteiger partial charge in [-0.05, 0) is 24.5 Å². The van der Waals surface area contributed by atoms with Crippen LogP contribution >= 0.6 is 23.2 Å². The number of hydrogen-bond donors (Lipinski definition) is 1. The van der Waals surface area contributed by atoms with Crippen molar-refractivity contribution in [3.05, 3.63) is 27.7 Å². The van der Waals surface area contributed by atoms with E-state index >= 15 is 0 Å². The van der Waals surface area contributed by atoms with Crippen molar-refractivity contribution in [2.45, 2.75) is 30.6 Å². The molecule has 0 saturated carbocycles. The van der Waals surface area contributed by atoms with Crippen molar-refractivity contribution < 1.29 is 13.2 Å². The van der Waals surface area contributed by atoms with E-state index in [1.807, 2.05) is 0 Å². The normalized spacial score (nSPS) is 23.3. The molecule has 1 aliphatic rings. The van der Waals surface area contributed by atoms with Crippen LogP contribution in [0.25, 0.3) is 0 Å². The Hall–Kier alpha value is -0.490. The quantitative estimate of drug-likeness (QED) is 0.920. The molecule has 20 heavy (non-hydrogen) atoms. The summed E-state index contributed by atoms with van der Waals surface area (Å²) in [6.07, 6.45) is 2.12. The largest absolute Gasteiger partial charge is 0.495 e. The smallest absolute Gasteiger partial charge is 0.155 e. The zero-order valence-corrected chi connectivity index (χ0v) is 13.4. The molecule has 0 radical (unpaired) electrons. The zero-order chi connectivity index (χ0) is 14.9. The second-order valence-electron chi connectivity index (χ2n) is 4.94. The third kappa shape index (κ3) is 3.06. The fourth-order valence-corrected chi connectivity index (χ4v) is 5.10. The molecular weight excluding hydrogens is 321 g/mol. The molecule has 1 saturated heterocycles. The van der Waals surface area contributed by atoms with E-state index in [2.05, 4.69) is 0 Å². The Morgan fingerprint density at radius 1 is 1.30 bits per heavy atom. The fraction of sp³-hybridized carbons (Fsp3) is 0.538. The highest BCUT2D eigenvalue weighted by Gasteiger charge is 2.35. The number of methoxy groups -OCH3 is 1. The minimum Gasteiger partial charge on any atom is -0.495 e. The van der Waals surface area contributed by atoms with Gasteiger partial charge in [0.05, 0.1) is 23.1 Å². The first-order chi connectivity index (χ1) is 9.36. The topological polar surface area (TPSA) is 69.4 Å². The van der Waals surface area contributed by atoms with E-state index in [4.69, 9.17) is 33.7 Å². The standard InChI is InChI=1S/C13H17Cl2NO3S/c1-19-11-7-9(14)8(6-10(11)15)13(16)12-4-2-3-5-20(12,17)18/h6-7,12-13H,2-5,16H2,1H3. The highest BCUT2D eigenvalue weighted by molar-refractivity contribution is 7.92. The van der Waals surface area contributed by atoms with Gasteiger partial charge in [-0.2, -0.15) is 0 Å². The van der Waals surface area contributed by atoms with Crippen molar-refractivity contribution in [2.75, 3.05) is 12.9 Å². The van der Waals surface area contributed by atoms with Crippen molar-refractivity contribution in [2.24, 2.45) is 5.73 Å². The molecule has 1 fully saturated rings. The molecule has 0 spiro atoms. The van der Waals surface area contributed by atoms with Crippen molar-refractivity contribution in [1.82, 2.24) is 0 Å². The molecule has 0 bridgehead atoms. The Kier molecular flexibility index (Phi) is 4.84. The Balaban J connectivity index is 2.38. The van der Waals surface area contributed by atoms with Crippen LogP contribution in [0.5, 0.6) is 5.75 Å². The number of halogens is 2. The van der Waals surface area contributed by atoms with Gasteiger partial charge in [0.15, 0.2) is 9.84 Å². The van der Waals surface area contributed by atoms with Gasteiger partial charge < -0.3 is 10.5 Å². The molecule has 4 nitrogen and oxygen atoms in total. The molecule has 2 rings (SSSR count).